The molecule has 116 valence electrons. The first kappa shape index (κ1) is 15.6. The van der Waals surface area contributed by atoms with Gasteiger partial charge in [0.25, 0.3) is 0 Å². The highest BCUT2D eigenvalue weighted by molar-refractivity contribution is 7.89. The van der Waals surface area contributed by atoms with Crippen LogP contribution in [0.15, 0.2) is 28.3 Å². The molecular formula is C11H13F2N3O4S. The van der Waals surface area contributed by atoms with Crippen molar-refractivity contribution in [1.29, 1.82) is 0 Å². The van der Waals surface area contributed by atoms with Crippen LogP contribution in [0.25, 0.3) is 0 Å². The molecule has 7 nitrogen and oxygen atoms in total. The summed E-state index contributed by atoms with van der Waals surface area (Å²) in [6, 6.07) is 2.21. The monoisotopic (exact) mass is 321 g/mol. The molecule has 0 aromatic heterocycles. The molecule has 1 atom stereocenters. The van der Waals surface area contributed by atoms with Crippen LogP contribution in [0.3, 0.4) is 0 Å². The number of halogens is 2. The molecule has 0 amide bonds. The highest BCUT2D eigenvalue weighted by Gasteiger charge is 2.34. The van der Waals surface area contributed by atoms with Gasteiger partial charge in [-0.1, -0.05) is 5.16 Å². The van der Waals surface area contributed by atoms with Crippen LogP contribution in [0.4, 0.5) is 8.78 Å². The average Bonchev–Trinajstić information content (AvgIpc) is 2.46. The maximum Gasteiger partial charge on any atom is 0.246 e. The third kappa shape index (κ3) is 3.12. The number of rotatable bonds is 3. The Labute approximate surface area is 119 Å². The summed E-state index contributed by atoms with van der Waals surface area (Å²) >= 11 is 0. The molecule has 1 saturated heterocycles. The van der Waals surface area contributed by atoms with E-state index < -0.39 is 32.7 Å². The van der Waals surface area contributed by atoms with Crippen LogP contribution in [-0.2, 0) is 14.8 Å². The first-order valence-corrected chi connectivity index (χ1v) is 7.34. The van der Waals surface area contributed by atoms with Crippen molar-refractivity contribution in [2.24, 2.45) is 10.9 Å². The molecule has 1 aliphatic heterocycles. The van der Waals surface area contributed by atoms with E-state index in [0.29, 0.717) is 6.07 Å². The number of nitrogens with zero attached hydrogens (tertiary/aromatic N) is 2. The molecule has 3 N–H and O–H groups in total. The smallest absolute Gasteiger partial charge is 0.246 e. The first-order chi connectivity index (χ1) is 9.86. The van der Waals surface area contributed by atoms with Gasteiger partial charge in [0.2, 0.25) is 10.0 Å². The molecule has 1 fully saturated rings. The van der Waals surface area contributed by atoms with Gasteiger partial charge in [0, 0.05) is 19.2 Å². The van der Waals surface area contributed by atoms with Gasteiger partial charge in [0.05, 0.1) is 6.61 Å². The molecule has 1 heterocycles. The summed E-state index contributed by atoms with van der Waals surface area (Å²) in [4.78, 5) is -0.635. The zero-order chi connectivity index (χ0) is 15.6. The number of sulfonamides is 1. The van der Waals surface area contributed by atoms with Crippen LogP contribution >= 0.6 is 0 Å². The highest BCUT2D eigenvalue weighted by Crippen LogP contribution is 2.22. The summed E-state index contributed by atoms with van der Waals surface area (Å²) in [5.41, 5.74) is 5.37. The summed E-state index contributed by atoms with van der Waals surface area (Å²) in [5, 5.41) is 11.3. The van der Waals surface area contributed by atoms with Crippen LogP contribution < -0.4 is 5.73 Å². The lowest BCUT2D eigenvalue weighted by atomic mass is 10.3. The van der Waals surface area contributed by atoms with Crippen molar-refractivity contribution in [3.63, 3.8) is 0 Å². The summed E-state index contributed by atoms with van der Waals surface area (Å²) in [7, 11) is -4.16. The molecule has 10 heteroatoms. The Bertz CT molecular complexity index is 665. The van der Waals surface area contributed by atoms with E-state index in [1.807, 2.05) is 0 Å². The second-order valence-corrected chi connectivity index (χ2v) is 6.23. The maximum absolute atomic E-state index is 13.7. The van der Waals surface area contributed by atoms with Gasteiger partial charge < -0.3 is 15.7 Å². The molecule has 1 aliphatic rings. The Balaban J connectivity index is 2.31. The molecule has 0 aliphatic carbocycles. The van der Waals surface area contributed by atoms with E-state index in [1.54, 1.807) is 0 Å². The van der Waals surface area contributed by atoms with E-state index in [2.05, 4.69) is 5.16 Å². The third-order valence-electron chi connectivity index (χ3n) is 2.99. The second-order valence-electron chi connectivity index (χ2n) is 4.32. The Morgan fingerprint density at radius 1 is 1.48 bits per heavy atom. The zero-order valence-corrected chi connectivity index (χ0v) is 11.6. The number of benzene rings is 1. The van der Waals surface area contributed by atoms with Crippen molar-refractivity contribution in [1.82, 2.24) is 4.31 Å². The minimum absolute atomic E-state index is 0.00291. The number of hydrogen-bond acceptors (Lipinski definition) is 5. The fourth-order valence-corrected chi connectivity index (χ4v) is 3.38. The van der Waals surface area contributed by atoms with Crippen LogP contribution in [0.1, 0.15) is 0 Å². The topological polar surface area (TPSA) is 105 Å². The first-order valence-electron chi connectivity index (χ1n) is 5.90. The highest BCUT2D eigenvalue weighted by atomic mass is 32.2. The van der Waals surface area contributed by atoms with Crippen molar-refractivity contribution in [2.75, 3.05) is 19.7 Å². The molecule has 0 saturated carbocycles. The lowest BCUT2D eigenvalue weighted by Crippen LogP contribution is -2.50. The molecular weight excluding hydrogens is 308 g/mol. The second kappa shape index (κ2) is 5.92. The number of ether oxygens (including phenoxy) is 1. The summed E-state index contributed by atoms with van der Waals surface area (Å²) < 4.78 is 57.3. The fraction of sp³-hybridized carbons (Fsp3) is 0.364. The summed E-state index contributed by atoms with van der Waals surface area (Å²) in [6.07, 6.45) is -0.929. The molecule has 1 aromatic rings. The fourth-order valence-electron chi connectivity index (χ4n) is 1.91. The normalized spacial score (nSPS) is 21.4. The van der Waals surface area contributed by atoms with Gasteiger partial charge in [0.15, 0.2) is 5.84 Å². The zero-order valence-electron chi connectivity index (χ0n) is 10.7. The molecule has 21 heavy (non-hydrogen) atoms. The quantitative estimate of drug-likeness (QED) is 0.355. The van der Waals surface area contributed by atoms with Crippen LogP contribution in [0.2, 0.25) is 0 Å². The average molecular weight is 321 g/mol. The standard InChI is InChI=1S/C11H13F2N3O4S/c12-7-1-2-10(8(13)5-7)21(18,19)16-3-4-20-9(6-16)11(14)15-17/h1-2,5,9,17H,3-4,6H2,(H2,14,15). The van der Waals surface area contributed by atoms with Crippen molar-refractivity contribution < 1.29 is 27.1 Å². The largest absolute Gasteiger partial charge is 0.409 e. The van der Waals surface area contributed by atoms with Gasteiger partial charge in [0.1, 0.15) is 22.6 Å². The maximum atomic E-state index is 13.7. The van der Waals surface area contributed by atoms with E-state index in [9.17, 15) is 17.2 Å². The molecule has 0 radical (unpaired) electrons. The predicted molar refractivity (Wildman–Crippen MR) is 68.3 cm³/mol. The van der Waals surface area contributed by atoms with Crippen molar-refractivity contribution in [3.05, 3.63) is 29.8 Å². The van der Waals surface area contributed by atoms with Gasteiger partial charge in [-0.3, -0.25) is 0 Å². The van der Waals surface area contributed by atoms with Gasteiger partial charge >= 0.3 is 0 Å². The van der Waals surface area contributed by atoms with E-state index >= 15 is 0 Å². The molecule has 2 rings (SSSR count). The Hall–Kier alpha value is -1.78. The van der Waals surface area contributed by atoms with E-state index in [4.69, 9.17) is 15.7 Å². The lowest BCUT2D eigenvalue weighted by Gasteiger charge is -2.31. The van der Waals surface area contributed by atoms with E-state index in [-0.39, 0.29) is 25.5 Å². The number of nitrogens with two attached hydrogens (primary N) is 1. The van der Waals surface area contributed by atoms with Crippen molar-refractivity contribution >= 4 is 15.9 Å². The molecule has 0 bridgehead atoms. The SMILES string of the molecule is NC(=NO)C1CN(S(=O)(=O)c2ccc(F)cc2F)CCO1. The Morgan fingerprint density at radius 2 is 2.19 bits per heavy atom. The molecule has 1 unspecified atom stereocenters. The summed E-state index contributed by atoms with van der Waals surface area (Å²) in [6.45, 7) is -0.244. The Morgan fingerprint density at radius 3 is 2.81 bits per heavy atom. The van der Waals surface area contributed by atoms with Gasteiger partial charge in [-0.2, -0.15) is 4.31 Å². The number of hydrogen-bond donors (Lipinski definition) is 2. The third-order valence-corrected chi connectivity index (χ3v) is 4.88. The van der Waals surface area contributed by atoms with Crippen molar-refractivity contribution in [2.45, 2.75) is 11.0 Å². The number of oxime groups is 1. The minimum atomic E-state index is -4.16. The summed E-state index contributed by atoms with van der Waals surface area (Å²) in [5.74, 6) is -2.33. The predicted octanol–water partition coefficient (Wildman–Crippen LogP) is 0.101. The van der Waals surface area contributed by atoms with Gasteiger partial charge in [-0.25, -0.2) is 17.2 Å². The van der Waals surface area contributed by atoms with Crippen molar-refractivity contribution in [3.8, 4) is 0 Å². The van der Waals surface area contributed by atoms with E-state index in [1.165, 1.54) is 0 Å². The van der Waals surface area contributed by atoms with E-state index in [0.717, 1.165) is 16.4 Å². The Kier molecular flexibility index (Phi) is 4.40. The van der Waals surface area contributed by atoms with Crippen LogP contribution in [0, 0.1) is 11.6 Å². The molecule has 1 aromatic carbocycles. The van der Waals surface area contributed by atoms with Gasteiger partial charge in [-0.05, 0) is 12.1 Å². The molecule has 0 spiro atoms. The van der Waals surface area contributed by atoms with Gasteiger partial charge in [-0.15, -0.1) is 0 Å². The number of morpholine rings is 1. The number of amidine groups is 1. The van der Waals surface area contributed by atoms with Crippen LogP contribution in [0.5, 0.6) is 0 Å². The van der Waals surface area contributed by atoms with Crippen LogP contribution in [-0.4, -0.2) is 49.6 Å². The lowest BCUT2D eigenvalue weighted by molar-refractivity contribution is 0.0354. The minimum Gasteiger partial charge on any atom is -0.409 e.